The van der Waals surface area contributed by atoms with Crippen LogP contribution in [0.25, 0.3) is 28.1 Å². The van der Waals surface area contributed by atoms with E-state index in [1.807, 2.05) is 24.3 Å². The maximum Gasteiger partial charge on any atom is 0.293 e. The van der Waals surface area contributed by atoms with Crippen molar-refractivity contribution in [2.24, 2.45) is 0 Å². The van der Waals surface area contributed by atoms with Gasteiger partial charge in [0.1, 0.15) is 5.75 Å². The Hall–Kier alpha value is -3.15. The van der Waals surface area contributed by atoms with Gasteiger partial charge in [-0.3, -0.25) is 4.79 Å². The maximum absolute atomic E-state index is 12.1. The van der Waals surface area contributed by atoms with Crippen molar-refractivity contribution in [2.75, 3.05) is 0 Å². The lowest BCUT2D eigenvalue weighted by Crippen LogP contribution is -2.11. The van der Waals surface area contributed by atoms with E-state index in [0.717, 1.165) is 11.1 Å². The van der Waals surface area contributed by atoms with Crippen LogP contribution in [0, 0.1) is 0 Å². The van der Waals surface area contributed by atoms with Gasteiger partial charge in [-0.25, -0.2) is 9.50 Å². The predicted molar refractivity (Wildman–Crippen MR) is 78.2 cm³/mol. The summed E-state index contributed by atoms with van der Waals surface area (Å²) in [7, 11) is 0. The van der Waals surface area contributed by atoms with Gasteiger partial charge < -0.3 is 10.1 Å². The molecule has 4 rings (SSSR count). The van der Waals surface area contributed by atoms with Gasteiger partial charge in [0.25, 0.3) is 5.56 Å². The van der Waals surface area contributed by atoms with E-state index in [1.165, 1.54) is 4.52 Å². The number of phenolic OH excluding ortho intramolecular Hbond substituents is 1. The number of rotatable bonds is 1. The van der Waals surface area contributed by atoms with Gasteiger partial charge in [-0.2, -0.15) is 0 Å². The number of aromatic hydroxyl groups is 1. The summed E-state index contributed by atoms with van der Waals surface area (Å²) in [6.07, 6.45) is 0. The van der Waals surface area contributed by atoms with Crippen molar-refractivity contribution in [2.45, 2.75) is 0 Å². The summed E-state index contributed by atoms with van der Waals surface area (Å²) in [5.74, 6) is 0.614. The summed E-state index contributed by atoms with van der Waals surface area (Å²) in [6.45, 7) is 0. The fraction of sp³-hybridized carbons (Fsp3) is 0. The molecule has 0 saturated heterocycles. The lowest BCUT2D eigenvalue weighted by Gasteiger charge is -1.98. The average Bonchev–Trinajstić information content (AvgIpc) is 2.94. The van der Waals surface area contributed by atoms with E-state index in [1.54, 1.807) is 24.3 Å². The van der Waals surface area contributed by atoms with E-state index < -0.39 is 0 Å². The summed E-state index contributed by atoms with van der Waals surface area (Å²) < 4.78 is 1.54. The predicted octanol–water partition coefficient (Wildman–Crippen LogP) is 1.94. The minimum absolute atomic E-state index is 0.172. The lowest BCUT2D eigenvalue weighted by atomic mass is 10.2. The fourth-order valence-corrected chi connectivity index (χ4v) is 2.30. The molecular weight excluding hydrogens is 268 g/mol. The highest BCUT2D eigenvalue weighted by atomic mass is 16.3. The SMILES string of the molecule is O=c1[nH]c2ccccc2n2nc(-c3ccc(O)cc3)nc12. The molecular formula is C15H10N4O2. The quantitative estimate of drug-likeness (QED) is 0.557. The number of aromatic nitrogens is 4. The van der Waals surface area contributed by atoms with Crippen LogP contribution in [0.5, 0.6) is 5.75 Å². The number of hydrogen-bond acceptors (Lipinski definition) is 4. The third kappa shape index (κ3) is 1.77. The largest absolute Gasteiger partial charge is 0.508 e. The van der Waals surface area contributed by atoms with E-state index in [4.69, 9.17) is 0 Å². The van der Waals surface area contributed by atoms with Crippen LogP contribution in [0.3, 0.4) is 0 Å². The molecule has 21 heavy (non-hydrogen) atoms. The second-order valence-electron chi connectivity index (χ2n) is 4.69. The molecule has 2 heterocycles. The molecule has 2 aromatic heterocycles. The first-order valence-electron chi connectivity index (χ1n) is 6.39. The van der Waals surface area contributed by atoms with Gasteiger partial charge in [0.15, 0.2) is 5.82 Å². The van der Waals surface area contributed by atoms with Gasteiger partial charge in [0.05, 0.1) is 11.0 Å². The molecule has 4 aromatic rings. The molecule has 0 amide bonds. The Kier molecular flexibility index (Phi) is 2.32. The minimum Gasteiger partial charge on any atom is -0.508 e. The molecule has 102 valence electrons. The summed E-state index contributed by atoms with van der Waals surface area (Å²) in [5.41, 5.74) is 2.18. The van der Waals surface area contributed by atoms with Gasteiger partial charge in [0, 0.05) is 5.56 Å². The first-order chi connectivity index (χ1) is 10.2. The van der Waals surface area contributed by atoms with Crippen molar-refractivity contribution in [1.82, 2.24) is 19.6 Å². The van der Waals surface area contributed by atoms with Crippen LogP contribution in [0.1, 0.15) is 0 Å². The standard InChI is InChI=1S/C15H10N4O2/c20-10-7-5-9(6-8-10)13-17-14-15(21)16-11-3-1-2-4-12(11)19(14)18-13/h1-8,20H,(H,16,21). The van der Waals surface area contributed by atoms with Gasteiger partial charge in [0.2, 0.25) is 5.65 Å². The van der Waals surface area contributed by atoms with Crippen LogP contribution in [0.4, 0.5) is 0 Å². The number of nitrogens with one attached hydrogen (secondary N) is 1. The summed E-state index contributed by atoms with van der Waals surface area (Å²) in [6, 6.07) is 13.9. The molecule has 6 nitrogen and oxygen atoms in total. The lowest BCUT2D eigenvalue weighted by molar-refractivity contribution is 0.475. The first kappa shape index (κ1) is 11.7. The second kappa shape index (κ2) is 4.17. The zero-order chi connectivity index (χ0) is 14.4. The van der Waals surface area contributed by atoms with Crippen LogP contribution < -0.4 is 5.56 Å². The molecule has 0 radical (unpaired) electrons. The van der Waals surface area contributed by atoms with Crippen LogP contribution in [0.2, 0.25) is 0 Å². The molecule has 0 unspecified atom stereocenters. The molecule has 0 aliphatic rings. The molecule has 0 bridgehead atoms. The maximum atomic E-state index is 12.1. The molecule has 0 saturated carbocycles. The number of nitrogens with zero attached hydrogens (tertiary/aromatic N) is 3. The highest BCUT2D eigenvalue weighted by Crippen LogP contribution is 2.20. The molecule has 6 heteroatoms. The molecule has 0 aliphatic carbocycles. The van der Waals surface area contributed by atoms with Crippen LogP contribution in [-0.4, -0.2) is 24.7 Å². The average molecular weight is 278 g/mol. The van der Waals surface area contributed by atoms with E-state index in [0.29, 0.717) is 11.3 Å². The number of fused-ring (bicyclic) bond motifs is 3. The number of para-hydroxylation sites is 2. The van der Waals surface area contributed by atoms with Crippen molar-refractivity contribution in [3.63, 3.8) is 0 Å². The number of benzene rings is 2. The first-order valence-corrected chi connectivity index (χ1v) is 6.39. The van der Waals surface area contributed by atoms with Gasteiger partial charge in [-0.15, -0.1) is 5.10 Å². The van der Waals surface area contributed by atoms with Crippen molar-refractivity contribution in [3.8, 4) is 17.1 Å². The Balaban J connectivity index is 2.05. The Morgan fingerprint density at radius 2 is 1.81 bits per heavy atom. The van der Waals surface area contributed by atoms with E-state index in [2.05, 4.69) is 15.1 Å². The molecule has 2 N–H and O–H groups in total. The van der Waals surface area contributed by atoms with Crippen molar-refractivity contribution in [3.05, 3.63) is 58.9 Å². The fourth-order valence-electron chi connectivity index (χ4n) is 2.30. The summed E-state index contributed by atoms with van der Waals surface area (Å²) in [4.78, 5) is 19.1. The monoisotopic (exact) mass is 278 g/mol. The number of aromatic amines is 1. The highest BCUT2D eigenvalue weighted by Gasteiger charge is 2.11. The second-order valence-corrected chi connectivity index (χ2v) is 4.69. The Morgan fingerprint density at radius 3 is 2.62 bits per heavy atom. The normalized spacial score (nSPS) is 11.2. The van der Waals surface area contributed by atoms with Gasteiger partial charge in [-0.05, 0) is 36.4 Å². The van der Waals surface area contributed by atoms with Crippen molar-refractivity contribution < 1.29 is 5.11 Å². The zero-order valence-electron chi connectivity index (χ0n) is 10.8. The minimum atomic E-state index is -0.286. The highest BCUT2D eigenvalue weighted by molar-refractivity contribution is 5.77. The number of hydrogen-bond donors (Lipinski definition) is 2. The third-order valence-electron chi connectivity index (χ3n) is 3.32. The molecule has 0 fully saturated rings. The Labute approximate surface area is 118 Å². The molecule has 0 spiro atoms. The topological polar surface area (TPSA) is 83.3 Å². The molecule has 0 aliphatic heterocycles. The smallest absolute Gasteiger partial charge is 0.293 e. The number of phenols is 1. The van der Waals surface area contributed by atoms with E-state index in [-0.39, 0.29) is 17.0 Å². The molecule has 0 atom stereocenters. The number of H-pyrrole nitrogens is 1. The summed E-state index contributed by atoms with van der Waals surface area (Å²) >= 11 is 0. The van der Waals surface area contributed by atoms with E-state index >= 15 is 0 Å². The van der Waals surface area contributed by atoms with Crippen LogP contribution in [0.15, 0.2) is 53.3 Å². The van der Waals surface area contributed by atoms with Gasteiger partial charge in [-0.1, -0.05) is 12.1 Å². The van der Waals surface area contributed by atoms with Gasteiger partial charge >= 0.3 is 0 Å². The zero-order valence-corrected chi connectivity index (χ0v) is 10.8. The molecule has 2 aromatic carbocycles. The van der Waals surface area contributed by atoms with Crippen LogP contribution in [-0.2, 0) is 0 Å². The van der Waals surface area contributed by atoms with Crippen molar-refractivity contribution in [1.29, 1.82) is 0 Å². The van der Waals surface area contributed by atoms with Crippen molar-refractivity contribution >= 4 is 16.7 Å². The van der Waals surface area contributed by atoms with E-state index in [9.17, 15) is 9.90 Å². The summed E-state index contributed by atoms with van der Waals surface area (Å²) in [5, 5.41) is 13.7. The third-order valence-corrected chi connectivity index (χ3v) is 3.32. The Morgan fingerprint density at radius 1 is 1.05 bits per heavy atom. The Bertz CT molecular complexity index is 1020. The van der Waals surface area contributed by atoms with Crippen LogP contribution >= 0.6 is 0 Å².